The SMILES string of the molecule is C=Cc1ccc(F)c(N2CCOCC2)c1. The number of ether oxygens (including phenoxy) is 1. The first-order valence-electron chi connectivity index (χ1n) is 5.06. The molecule has 1 heterocycles. The molecule has 0 spiro atoms. The molecule has 1 aromatic rings. The molecular formula is C12H14FNO. The van der Waals surface area contributed by atoms with Gasteiger partial charge in [0.25, 0.3) is 0 Å². The van der Waals surface area contributed by atoms with Crippen molar-refractivity contribution >= 4 is 11.8 Å². The van der Waals surface area contributed by atoms with Crippen molar-refractivity contribution in [1.82, 2.24) is 0 Å². The highest BCUT2D eigenvalue weighted by molar-refractivity contribution is 5.58. The summed E-state index contributed by atoms with van der Waals surface area (Å²) in [6.45, 7) is 6.51. The van der Waals surface area contributed by atoms with Crippen LogP contribution in [0, 0.1) is 5.82 Å². The second-order valence-electron chi connectivity index (χ2n) is 3.51. The molecule has 0 N–H and O–H groups in total. The molecule has 0 radical (unpaired) electrons. The van der Waals surface area contributed by atoms with Crippen LogP contribution in [0.15, 0.2) is 24.8 Å². The Hall–Kier alpha value is -1.35. The van der Waals surface area contributed by atoms with Gasteiger partial charge in [-0.3, -0.25) is 0 Å². The number of benzene rings is 1. The Morgan fingerprint density at radius 1 is 1.33 bits per heavy atom. The lowest BCUT2D eigenvalue weighted by atomic mass is 10.1. The van der Waals surface area contributed by atoms with Crippen LogP contribution in [0.4, 0.5) is 10.1 Å². The maximum atomic E-state index is 13.6. The fourth-order valence-corrected chi connectivity index (χ4v) is 1.70. The van der Waals surface area contributed by atoms with Gasteiger partial charge in [-0.15, -0.1) is 0 Å². The van der Waals surface area contributed by atoms with Crippen LogP contribution in [0.3, 0.4) is 0 Å². The minimum Gasteiger partial charge on any atom is -0.378 e. The molecule has 15 heavy (non-hydrogen) atoms. The Labute approximate surface area is 89.0 Å². The molecule has 0 saturated carbocycles. The van der Waals surface area contributed by atoms with Crippen molar-refractivity contribution in [3.05, 3.63) is 36.2 Å². The molecule has 1 fully saturated rings. The van der Waals surface area contributed by atoms with Crippen molar-refractivity contribution in [3.63, 3.8) is 0 Å². The van der Waals surface area contributed by atoms with E-state index in [2.05, 4.69) is 6.58 Å². The second-order valence-corrected chi connectivity index (χ2v) is 3.51. The lowest BCUT2D eigenvalue weighted by Gasteiger charge is -2.29. The Morgan fingerprint density at radius 2 is 2.07 bits per heavy atom. The molecule has 0 aliphatic carbocycles. The van der Waals surface area contributed by atoms with E-state index in [9.17, 15) is 4.39 Å². The van der Waals surface area contributed by atoms with E-state index in [1.54, 1.807) is 12.1 Å². The first kappa shape index (κ1) is 10.2. The number of morpholine rings is 1. The van der Waals surface area contributed by atoms with E-state index in [1.165, 1.54) is 6.07 Å². The normalized spacial score (nSPS) is 16.5. The molecule has 0 aromatic heterocycles. The topological polar surface area (TPSA) is 12.5 Å². The average Bonchev–Trinajstić information content (AvgIpc) is 2.31. The van der Waals surface area contributed by atoms with Gasteiger partial charge < -0.3 is 9.64 Å². The number of hydrogen-bond donors (Lipinski definition) is 0. The van der Waals surface area contributed by atoms with Crippen LogP contribution in [-0.4, -0.2) is 26.3 Å². The Bertz CT molecular complexity index is 359. The van der Waals surface area contributed by atoms with Crippen molar-refractivity contribution in [2.45, 2.75) is 0 Å². The number of anilines is 1. The molecule has 0 unspecified atom stereocenters. The smallest absolute Gasteiger partial charge is 0.146 e. The van der Waals surface area contributed by atoms with Gasteiger partial charge in [0.2, 0.25) is 0 Å². The summed E-state index contributed by atoms with van der Waals surface area (Å²) in [5.41, 5.74) is 1.59. The molecule has 0 amide bonds. The second kappa shape index (κ2) is 4.45. The molecule has 1 aliphatic rings. The molecule has 2 nitrogen and oxygen atoms in total. The van der Waals surface area contributed by atoms with Gasteiger partial charge in [0, 0.05) is 13.1 Å². The van der Waals surface area contributed by atoms with Crippen molar-refractivity contribution in [3.8, 4) is 0 Å². The van der Waals surface area contributed by atoms with Crippen LogP contribution >= 0.6 is 0 Å². The van der Waals surface area contributed by atoms with Crippen LogP contribution in [0.1, 0.15) is 5.56 Å². The molecule has 1 aromatic carbocycles. The van der Waals surface area contributed by atoms with Gasteiger partial charge in [-0.25, -0.2) is 4.39 Å². The molecule has 0 bridgehead atoms. The van der Waals surface area contributed by atoms with Crippen LogP contribution in [0.2, 0.25) is 0 Å². The van der Waals surface area contributed by atoms with Gasteiger partial charge >= 0.3 is 0 Å². The van der Waals surface area contributed by atoms with Crippen LogP contribution < -0.4 is 4.90 Å². The van der Waals surface area contributed by atoms with E-state index in [-0.39, 0.29) is 5.82 Å². The van der Waals surface area contributed by atoms with Gasteiger partial charge in [0.15, 0.2) is 0 Å². The fraction of sp³-hybridized carbons (Fsp3) is 0.333. The first-order valence-corrected chi connectivity index (χ1v) is 5.06. The fourth-order valence-electron chi connectivity index (χ4n) is 1.70. The summed E-state index contributed by atoms with van der Waals surface area (Å²) in [4.78, 5) is 2.01. The highest BCUT2D eigenvalue weighted by Gasteiger charge is 2.14. The van der Waals surface area contributed by atoms with Gasteiger partial charge in [-0.05, 0) is 17.7 Å². The standard InChI is InChI=1S/C12H14FNO/c1-2-10-3-4-11(13)12(9-10)14-5-7-15-8-6-14/h2-4,9H,1,5-8H2. The number of nitrogens with zero attached hydrogens (tertiary/aromatic N) is 1. The lowest BCUT2D eigenvalue weighted by molar-refractivity contribution is 0.122. The van der Waals surface area contributed by atoms with E-state index in [1.807, 2.05) is 11.0 Å². The zero-order valence-corrected chi connectivity index (χ0v) is 8.58. The summed E-state index contributed by atoms with van der Waals surface area (Å²) in [5.74, 6) is -0.178. The monoisotopic (exact) mass is 207 g/mol. The number of rotatable bonds is 2. The zero-order valence-electron chi connectivity index (χ0n) is 8.58. The Kier molecular flexibility index (Phi) is 3.02. The Balaban J connectivity index is 2.28. The molecule has 3 heteroatoms. The summed E-state index contributed by atoms with van der Waals surface area (Å²) in [6, 6.07) is 5.04. The van der Waals surface area contributed by atoms with Crippen molar-refractivity contribution in [2.75, 3.05) is 31.2 Å². The summed E-state index contributed by atoms with van der Waals surface area (Å²) < 4.78 is 18.8. The van der Waals surface area contributed by atoms with Crippen molar-refractivity contribution in [1.29, 1.82) is 0 Å². The maximum absolute atomic E-state index is 13.6. The predicted octanol–water partition coefficient (Wildman–Crippen LogP) is 2.31. The van der Waals surface area contributed by atoms with Crippen LogP contribution in [0.5, 0.6) is 0 Å². The predicted molar refractivity (Wildman–Crippen MR) is 59.5 cm³/mol. The zero-order chi connectivity index (χ0) is 10.7. The van der Waals surface area contributed by atoms with E-state index < -0.39 is 0 Å². The van der Waals surface area contributed by atoms with Gasteiger partial charge in [0.05, 0.1) is 18.9 Å². The molecular weight excluding hydrogens is 193 g/mol. The van der Waals surface area contributed by atoms with Gasteiger partial charge in [-0.2, -0.15) is 0 Å². The molecule has 0 atom stereocenters. The summed E-state index contributed by atoms with van der Waals surface area (Å²) in [6.07, 6.45) is 1.73. The van der Waals surface area contributed by atoms with Crippen molar-refractivity contribution in [2.24, 2.45) is 0 Å². The first-order chi connectivity index (χ1) is 7.31. The molecule has 1 saturated heterocycles. The maximum Gasteiger partial charge on any atom is 0.146 e. The van der Waals surface area contributed by atoms with Gasteiger partial charge in [0.1, 0.15) is 5.82 Å². The summed E-state index contributed by atoms with van der Waals surface area (Å²) in [7, 11) is 0. The number of halogens is 1. The largest absolute Gasteiger partial charge is 0.378 e. The lowest BCUT2D eigenvalue weighted by Crippen LogP contribution is -2.36. The highest BCUT2D eigenvalue weighted by atomic mass is 19.1. The average molecular weight is 207 g/mol. The van der Waals surface area contributed by atoms with Crippen LogP contribution in [-0.2, 0) is 4.74 Å². The van der Waals surface area contributed by atoms with E-state index >= 15 is 0 Å². The van der Waals surface area contributed by atoms with E-state index in [0.717, 1.165) is 18.7 Å². The Morgan fingerprint density at radius 3 is 2.73 bits per heavy atom. The number of hydrogen-bond acceptors (Lipinski definition) is 2. The third-order valence-corrected chi connectivity index (χ3v) is 2.56. The van der Waals surface area contributed by atoms with Crippen LogP contribution in [0.25, 0.3) is 6.08 Å². The van der Waals surface area contributed by atoms with E-state index in [4.69, 9.17) is 4.74 Å². The molecule has 80 valence electrons. The third kappa shape index (κ3) is 2.18. The van der Waals surface area contributed by atoms with Gasteiger partial charge in [-0.1, -0.05) is 18.7 Å². The minimum atomic E-state index is -0.178. The quantitative estimate of drug-likeness (QED) is 0.737. The van der Waals surface area contributed by atoms with Crippen molar-refractivity contribution < 1.29 is 9.13 Å². The highest BCUT2D eigenvalue weighted by Crippen LogP contribution is 2.22. The third-order valence-electron chi connectivity index (χ3n) is 2.56. The molecule has 1 aliphatic heterocycles. The minimum absolute atomic E-state index is 0.178. The van der Waals surface area contributed by atoms with E-state index in [0.29, 0.717) is 18.9 Å². The summed E-state index contributed by atoms with van der Waals surface area (Å²) >= 11 is 0. The summed E-state index contributed by atoms with van der Waals surface area (Å²) in [5, 5.41) is 0. The molecule has 2 rings (SSSR count).